The van der Waals surface area contributed by atoms with Crippen molar-refractivity contribution in [1.82, 2.24) is 10.2 Å². The van der Waals surface area contributed by atoms with Gasteiger partial charge in [-0.15, -0.1) is 0 Å². The summed E-state index contributed by atoms with van der Waals surface area (Å²) in [4.78, 5) is 2.19. The van der Waals surface area contributed by atoms with Gasteiger partial charge in [-0.2, -0.15) is 0 Å². The molecular formula is C13H24N2O. The molecule has 0 bridgehead atoms. The number of rotatable bonds is 7. The van der Waals surface area contributed by atoms with Crippen molar-refractivity contribution >= 4 is 0 Å². The Bertz CT molecular complexity index is 269. The quantitative estimate of drug-likeness (QED) is 0.772. The lowest BCUT2D eigenvalue weighted by Crippen LogP contribution is -2.35. The van der Waals surface area contributed by atoms with Crippen LogP contribution in [-0.4, -0.2) is 31.6 Å². The topological polar surface area (TPSA) is 28.4 Å². The zero-order valence-corrected chi connectivity index (χ0v) is 10.9. The van der Waals surface area contributed by atoms with Gasteiger partial charge in [0.2, 0.25) is 0 Å². The molecule has 2 unspecified atom stereocenters. The second-order valence-corrected chi connectivity index (χ2v) is 4.59. The third-order valence-electron chi connectivity index (χ3n) is 2.88. The molecule has 2 atom stereocenters. The fraction of sp³-hybridized carbons (Fsp3) is 0.692. The Kier molecular flexibility index (Phi) is 5.56. The van der Waals surface area contributed by atoms with Crippen LogP contribution in [0.4, 0.5) is 0 Å². The Hall–Kier alpha value is -0.800. The van der Waals surface area contributed by atoms with Crippen LogP contribution in [0.25, 0.3) is 0 Å². The fourth-order valence-corrected chi connectivity index (χ4v) is 1.87. The number of likely N-dealkylation sites (N-methyl/N-ethyl adjacent to an activating group) is 1. The molecule has 0 saturated heterocycles. The number of nitrogens with zero attached hydrogens (tertiary/aromatic N) is 1. The maximum absolute atomic E-state index is 5.47. The van der Waals surface area contributed by atoms with E-state index in [1.165, 1.54) is 12.8 Å². The van der Waals surface area contributed by atoms with Crippen LogP contribution in [0.15, 0.2) is 22.8 Å². The second kappa shape index (κ2) is 6.71. The van der Waals surface area contributed by atoms with Crippen molar-refractivity contribution < 1.29 is 4.42 Å². The standard InChI is InChI=1S/C13H24N2O/c1-5-7-11(2)14-10-12(15(3)4)13-8-6-9-16-13/h6,8-9,11-12,14H,5,7,10H2,1-4H3. The summed E-state index contributed by atoms with van der Waals surface area (Å²) in [6.45, 7) is 5.38. The molecule has 0 fully saturated rings. The molecule has 0 aliphatic rings. The lowest BCUT2D eigenvalue weighted by Gasteiger charge is -2.24. The van der Waals surface area contributed by atoms with Crippen LogP contribution < -0.4 is 5.32 Å². The summed E-state index contributed by atoms with van der Waals surface area (Å²) in [7, 11) is 4.17. The first-order chi connectivity index (χ1) is 7.65. The number of furan rings is 1. The van der Waals surface area contributed by atoms with Gasteiger partial charge in [-0.1, -0.05) is 13.3 Å². The molecule has 0 aliphatic carbocycles. The van der Waals surface area contributed by atoms with E-state index in [2.05, 4.69) is 38.2 Å². The van der Waals surface area contributed by atoms with Gasteiger partial charge in [0.05, 0.1) is 12.3 Å². The molecule has 0 radical (unpaired) electrons. The van der Waals surface area contributed by atoms with E-state index >= 15 is 0 Å². The fourth-order valence-electron chi connectivity index (χ4n) is 1.87. The van der Waals surface area contributed by atoms with Gasteiger partial charge in [-0.25, -0.2) is 0 Å². The predicted molar refractivity (Wildman–Crippen MR) is 67.5 cm³/mol. The minimum atomic E-state index is 0.314. The average molecular weight is 224 g/mol. The molecule has 3 heteroatoms. The van der Waals surface area contributed by atoms with Crippen molar-refractivity contribution in [3.8, 4) is 0 Å². The lowest BCUT2D eigenvalue weighted by molar-refractivity contribution is 0.243. The highest BCUT2D eigenvalue weighted by molar-refractivity contribution is 5.05. The van der Waals surface area contributed by atoms with E-state index in [4.69, 9.17) is 4.42 Å². The molecule has 1 heterocycles. The summed E-state index contributed by atoms with van der Waals surface area (Å²) in [5.74, 6) is 1.03. The van der Waals surface area contributed by atoms with Crippen molar-refractivity contribution in [2.45, 2.75) is 38.8 Å². The van der Waals surface area contributed by atoms with Crippen LogP contribution >= 0.6 is 0 Å². The molecule has 1 aromatic rings. The summed E-state index contributed by atoms with van der Waals surface area (Å²) in [5, 5.41) is 3.55. The van der Waals surface area contributed by atoms with Crippen LogP contribution in [-0.2, 0) is 0 Å². The van der Waals surface area contributed by atoms with E-state index in [0.29, 0.717) is 12.1 Å². The van der Waals surface area contributed by atoms with Gasteiger partial charge in [0, 0.05) is 12.6 Å². The van der Waals surface area contributed by atoms with Crippen molar-refractivity contribution in [2.24, 2.45) is 0 Å². The van der Waals surface area contributed by atoms with E-state index in [-0.39, 0.29) is 0 Å². The number of nitrogens with one attached hydrogen (secondary N) is 1. The van der Waals surface area contributed by atoms with Gasteiger partial charge in [0.1, 0.15) is 5.76 Å². The molecule has 16 heavy (non-hydrogen) atoms. The maximum atomic E-state index is 5.47. The molecule has 92 valence electrons. The number of hydrogen-bond donors (Lipinski definition) is 1. The van der Waals surface area contributed by atoms with E-state index in [1.54, 1.807) is 6.26 Å². The first-order valence-corrected chi connectivity index (χ1v) is 6.08. The van der Waals surface area contributed by atoms with Crippen molar-refractivity contribution in [3.05, 3.63) is 24.2 Å². The largest absolute Gasteiger partial charge is 0.468 e. The molecule has 1 N–H and O–H groups in total. The molecule has 0 spiro atoms. The second-order valence-electron chi connectivity index (χ2n) is 4.59. The van der Waals surface area contributed by atoms with Crippen molar-refractivity contribution in [1.29, 1.82) is 0 Å². The number of hydrogen-bond acceptors (Lipinski definition) is 3. The van der Waals surface area contributed by atoms with Crippen LogP contribution in [0.2, 0.25) is 0 Å². The Labute approximate surface area is 98.8 Å². The molecule has 1 rings (SSSR count). The lowest BCUT2D eigenvalue weighted by atomic mass is 10.1. The molecule has 0 saturated carbocycles. The molecule has 3 nitrogen and oxygen atoms in total. The third kappa shape index (κ3) is 3.99. The minimum absolute atomic E-state index is 0.314. The van der Waals surface area contributed by atoms with E-state index in [0.717, 1.165) is 12.3 Å². The van der Waals surface area contributed by atoms with Gasteiger partial charge in [0.15, 0.2) is 0 Å². The van der Waals surface area contributed by atoms with E-state index in [9.17, 15) is 0 Å². The maximum Gasteiger partial charge on any atom is 0.122 e. The van der Waals surface area contributed by atoms with Crippen LogP contribution in [0.5, 0.6) is 0 Å². The Morgan fingerprint density at radius 2 is 2.19 bits per heavy atom. The summed E-state index contributed by atoms with van der Waals surface area (Å²) >= 11 is 0. The first-order valence-electron chi connectivity index (χ1n) is 6.08. The van der Waals surface area contributed by atoms with Crippen LogP contribution in [0.1, 0.15) is 38.5 Å². The normalized spacial score (nSPS) is 15.3. The predicted octanol–water partition coefficient (Wildman–Crippen LogP) is 2.66. The monoisotopic (exact) mass is 224 g/mol. The highest BCUT2D eigenvalue weighted by Crippen LogP contribution is 2.17. The Morgan fingerprint density at radius 3 is 2.69 bits per heavy atom. The summed E-state index contributed by atoms with van der Waals surface area (Å²) < 4.78 is 5.47. The molecule has 0 amide bonds. The Morgan fingerprint density at radius 1 is 1.44 bits per heavy atom. The minimum Gasteiger partial charge on any atom is -0.468 e. The van der Waals surface area contributed by atoms with Gasteiger partial charge < -0.3 is 9.73 Å². The summed E-state index contributed by atoms with van der Waals surface area (Å²) in [5.41, 5.74) is 0. The average Bonchev–Trinajstić information content (AvgIpc) is 2.71. The van der Waals surface area contributed by atoms with Crippen LogP contribution in [0, 0.1) is 0 Å². The van der Waals surface area contributed by atoms with Gasteiger partial charge in [-0.3, -0.25) is 4.90 Å². The first kappa shape index (κ1) is 13.3. The summed E-state index contributed by atoms with van der Waals surface area (Å²) in [6, 6.07) is 4.87. The van der Waals surface area contributed by atoms with E-state index in [1.807, 2.05) is 12.1 Å². The van der Waals surface area contributed by atoms with Gasteiger partial charge >= 0.3 is 0 Å². The molecule has 0 aromatic carbocycles. The molecule has 0 aliphatic heterocycles. The van der Waals surface area contributed by atoms with Crippen molar-refractivity contribution in [3.63, 3.8) is 0 Å². The zero-order valence-electron chi connectivity index (χ0n) is 10.9. The summed E-state index contributed by atoms with van der Waals surface area (Å²) in [6.07, 6.45) is 4.18. The molecular weight excluding hydrogens is 200 g/mol. The van der Waals surface area contributed by atoms with Crippen molar-refractivity contribution in [2.75, 3.05) is 20.6 Å². The third-order valence-corrected chi connectivity index (χ3v) is 2.88. The smallest absolute Gasteiger partial charge is 0.122 e. The zero-order chi connectivity index (χ0) is 12.0. The SMILES string of the molecule is CCCC(C)NCC(c1ccco1)N(C)C. The van der Waals surface area contributed by atoms with Gasteiger partial charge in [-0.05, 0) is 39.6 Å². The highest BCUT2D eigenvalue weighted by atomic mass is 16.3. The van der Waals surface area contributed by atoms with Gasteiger partial charge in [0.25, 0.3) is 0 Å². The van der Waals surface area contributed by atoms with E-state index < -0.39 is 0 Å². The molecule has 1 aromatic heterocycles. The highest BCUT2D eigenvalue weighted by Gasteiger charge is 2.17. The van der Waals surface area contributed by atoms with Crippen LogP contribution in [0.3, 0.4) is 0 Å². The Balaban J connectivity index is 2.47.